The van der Waals surface area contributed by atoms with Crippen molar-refractivity contribution in [3.63, 3.8) is 0 Å². The van der Waals surface area contributed by atoms with E-state index in [9.17, 15) is 4.79 Å². The number of rotatable bonds is 7. The van der Waals surface area contributed by atoms with Gasteiger partial charge in [-0.15, -0.1) is 0 Å². The van der Waals surface area contributed by atoms with Gasteiger partial charge in [-0.05, 0) is 48.9 Å². The lowest BCUT2D eigenvalue weighted by atomic mass is 9.95. The van der Waals surface area contributed by atoms with E-state index < -0.39 is 0 Å². The summed E-state index contributed by atoms with van der Waals surface area (Å²) in [6.07, 6.45) is 4.49. The lowest BCUT2D eigenvalue weighted by molar-refractivity contribution is 0.0720. The monoisotopic (exact) mass is 465 g/mol. The zero-order valence-corrected chi connectivity index (χ0v) is 19.8. The number of hydrogen-bond donors (Lipinski definition) is 3. The normalized spacial score (nSPS) is 20.5. The minimum absolute atomic E-state index is 0.0214. The number of benzene rings is 1. The number of fused-ring (bicyclic) bond motifs is 2. The van der Waals surface area contributed by atoms with Gasteiger partial charge in [0, 0.05) is 7.11 Å². The molecule has 34 heavy (non-hydrogen) atoms. The fourth-order valence-electron chi connectivity index (χ4n) is 4.83. The number of ether oxygens (including phenoxy) is 3. The topological polar surface area (TPSA) is 110 Å². The Hall–Kier alpha value is -3.33. The molecular formula is C25H31N5O4. The van der Waals surface area contributed by atoms with Gasteiger partial charge >= 0.3 is 0 Å². The first kappa shape index (κ1) is 22.5. The summed E-state index contributed by atoms with van der Waals surface area (Å²) < 4.78 is 16.9. The predicted molar refractivity (Wildman–Crippen MR) is 128 cm³/mol. The van der Waals surface area contributed by atoms with Crippen LogP contribution in [0.5, 0.6) is 11.5 Å². The number of hydrogen-bond acceptors (Lipinski definition) is 7. The number of nitrogens with one attached hydrogen (secondary N) is 3. The highest BCUT2D eigenvalue weighted by atomic mass is 16.6. The standard InChI is InChI=1S/C25H31N5O4/c1-14(2)22(15-7-8-20-21(11-15)34-10-9-33-20)30-24-16-12-18(28-23(16)26-13-27-24)25(31)29-17-5-4-6-19(17)32-3/h7-8,11-14,17,19,22H,4-6,9-10H2,1-3H3,(H,29,31)(H2,26,27,28,30)/t17-,19-,22-/m1/s1. The van der Waals surface area contributed by atoms with E-state index in [4.69, 9.17) is 14.2 Å². The van der Waals surface area contributed by atoms with Crippen LogP contribution in [0.2, 0.25) is 0 Å². The molecule has 3 N–H and O–H groups in total. The van der Waals surface area contributed by atoms with Crippen molar-refractivity contribution in [2.75, 3.05) is 25.6 Å². The van der Waals surface area contributed by atoms with Crippen molar-refractivity contribution >= 4 is 22.8 Å². The first-order chi connectivity index (χ1) is 16.5. The quantitative estimate of drug-likeness (QED) is 0.486. The van der Waals surface area contributed by atoms with Gasteiger partial charge in [0.1, 0.15) is 36.7 Å². The summed E-state index contributed by atoms with van der Waals surface area (Å²) in [6.45, 7) is 5.41. The molecule has 0 unspecified atom stereocenters. The largest absolute Gasteiger partial charge is 0.486 e. The number of carbonyl (C=O) groups is 1. The summed E-state index contributed by atoms with van der Waals surface area (Å²) >= 11 is 0. The van der Waals surface area contributed by atoms with Gasteiger partial charge in [0.25, 0.3) is 5.91 Å². The molecule has 3 aromatic rings. The zero-order valence-electron chi connectivity index (χ0n) is 19.8. The molecule has 1 amide bonds. The molecule has 2 aromatic heterocycles. The minimum Gasteiger partial charge on any atom is -0.486 e. The molecule has 9 nitrogen and oxygen atoms in total. The maximum absolute atomic E-state index is 12.9. The Kier molecular flexibility index (Phi) is 6.28. The van der Waals surface area contributed by atoms with Gasteiger partial charge in [0.05, 0.1) is 23.6 Å². The number of carbonyl (C=O) groups excluding carboxylic acids is 1. The Morgan fingerprint density at radius 1 is 1.15 bits per heavy atom. The van der Waals surface area contributed by atoms with Crippen LogP contribution in [-0.4, -0.2) is 53.3 Å². The molecule has 0 saturated heterocycles. The molecule has 1 aliphatic heterocycles. The molecule has 1 aliphatic carbocycles. The van der Waals surface area contributed by atoms with Crippen molar-refractivity contribution in [1.82, 2.24) is 20.3 Å². The van der Waals surface area contributed by atoms with Crippen LogP contribution in [0, 0.1) is 5.92 Å². The second kappa shape index (κ2) is 9.50. The maximum Gasteiger partial charge on any atom is 0.268 e. The molecule has 9 heteroatoms. The highest BCUT2D eigenvalue weighted by molar-refractivity contribution is 6.00. The molecule has 5 rings (SSSR count). The summed E-state index contributed by atoms with van der Waals surface area (Å²) in [7, 11) is 1.69. The van der Waals surface area contributed by atoms with Crippen molar-refractivity contribution in [1.29, 1.82) is 0 Å². The van der Waals surface area contributed by atoms with Crippen LogP contribution in [0.1, 0.15) is 55.2 Å². The van der Waals surface area contributed by atoms with E-state index in [1.54, 1.807) is 7.11 Å². The second-order valence-corrected chi connectivity index (χ2v) is 9.22. The van der Waals surface area contributed by atoms with E-state index >= 15 is 0 Å². The summed E-state index contributed by atoms with van der Waals surface area (Å²) in [5, 5.41) is 7.44. The molecule has 3 atom stereocenters. The van der Waals surface area contributed by atoms with Crippen LogP contribution in [0.15, 0.2) is 30.6 Å². The Balaban J connectivity index is 1.39. The Morgan fingerprint density at radius 2 is 1.97 bits per heavy atom. The van der Waals surface area contributed by atoms with E-state index in [0.29, 0.717) is 30.4 Å². The van der Waals surface area contributed by atoms with Gasteiger partial charge in [-0.25, -0.2) is 9.97 Å². The number of anilines is 1. The van der Waals surface area contributed by atoms with Gasteiger partial charge in [-0.2, -0.15) is 0 Å². The molecule has 1 aromatic carbocycles. The smallest absolute Gasteiger partial charge is 0.268 e. The van der Waals surface area contributed by atoms with Gasteiger partial charge in [0.2, 0.25) is 0 Å². The van der Waals surface area contributed by atoms with Crippen LogP contribution in [0.25, 0.3) is 11.0 Å². The molecule has 3 heterocycles. The van der Waals surface area contributed by atoms with Gasteiger partial charge in [0.15, 0.2) is 11.5 Å². The number of aromatic nitrogens is 3. The zero-order chi connectivity index (χ0) is 23.7. The first-order valence-electron chi connectivity index (χ1n) is 11.9. The third kappa shape index (κ3) is 4.40. The van der Waals surface area contributed by atoms with Crippen LogP contribution in [0.3, 0.4) is 0 Å². The summed E-state index contributed by atoms with van der Waals surface area (Å²) in [5.74, 6) is 2.30. The summed E-state index contributed by atoms with van der Waals surface area (Å²) in [5.41, 5.74) is 2.15. The van der Waals surface area contributed by atoms with Gasteiger partial charge in [-0.3, -0.25) is 4.79 Å². The van der Waals surface area contributed by atoms with Gasteiger partial charge in [-0.1, -0.05) is 19.9 Å². The molecule has 0 radical (unpaired) electrons. The van der Waals surface area contributed by atoms with Crippen molar-refractivity contribution in [3.8, 4) is 11.5 Å². The Labute approximate surface area is 198 Å². The molecular weight excluding hydrogens is 434 g/mol. The third-order valence-electron chi connectivity index (χ3n) is 6.63. The van der Waals surface area contributed by atoms with Crippen molar-refractivity contribution < 1.29 is 19.0 Å². The van der Waals surface area contributed by atoms with Crippen LogP contribution < -0.4 is 20.1 Å². The second-order valence-electron chi connectivity index (χ2n) is 9.22. The van der Waals surface area contributed by atoms with Crippen LogP contribution >= 0.6 is 0 Å². The number of H-pyrrole nitrogens is 1. The molecule has 180 valence electrons. The van der Waals surface area contributed by atoms with Crippen LogP contribution in [0.4, 0.5) is 5.82 Å². The molecule has 0 spiro atoms. The van der Waals surface area contributed by atoms with Crippen molar-refractivity contribution in [2.24, 2.45) is 5.92 Å². The average Bonchev–Trinajstić information content (AvgIpc) is 3.49. The fourth-order valence-corrected chi connectivity index (χ4v) is 4.83. The SMILES string of the molecule is CO[C@@H]1CCC[C@H]1NC(=O)c1cc2c(N[C@@H](c3ccc4c(c3)OCCO4)C(C)C)ncnc2[nH]1. The van der Waals surface area contributed by atoms with E-state index in [2.05, 4.69) is 39.4 Å². The molecule has 0 bridgehead atoms. The van der Waals surface area contributed by atoms with Gasteiger partial charge < -0.3 is 29.8 Å². The lowest BCUT2D eigenvalue weighted by Crippen LogP contribution is -2.40. The lowest BCUT2D eigenvalue weighted by Gasteiger charge is -2.26. The van der Waals surface area contributed by atoms with Crippen molar-refractivity contribution in [2.45, 2.75) is 51.3 Å². The first-order valence-corrected chi connectivity index (χ1v) is 11.9. The highest BCUT2D eigenvalue weighted by Crippen LogP contribution is 2.36. The van der Waals surface area contributed by atoms with Crippen LogP contribution in [-0.2, 0) is 4.74 Å². The molecule has 1 saturated carbocycles. The third-order valence-corrected chi connectivity index (χ3v) is 6.63. The number of aromatic amines is 1. The predicted octanol–water partition coefficient (Wildman–Crippen LogP) is 3.84. The Bertz CT molecular complexity index is 1180. The number of amides is 1. The minimum atomic E-state index is -0.162. The highest BCUT2D eigenvalue weighted by Gasteiger charge is 2.29. The number of nitrogens with zero attached hydrogens (tertiary/aromatic N) is 2. The van der Waals surface area contributed by atoms with E-state index in [1.165, 1.54) is 6.33 Å². The van der Waals surface area contributed by atoms with E-state index in [0.717, 1.165) is 41.7 Å². The Morgan fingerprint density at radius 3 is 2.76 bits per heavy atom. The van der Waals surface area contributed by atoms with E-state index in [1.807, 2.05) is 24.3 Å². The van der Waals surface area contributed by atoms with Crippen molar-refractivity contribution in [3.05, 3.63) is 41.9 Å². The molecule has 2 aliphatic rings. The number of methoxy groups -OCH3 is 1. The summed E-state index contributed by atoms with van der Waals surface area (Å²) in [4.78, 5) is 24.9. The molecule has 1 fully saturated rings. The van der Waals surface area contributed by atoms with E-state index in [-0.39, 0.29) is 30.0 Å². The summed E-state index contributed by atoms with van der Waals surface area (Å²) in [6, 6.07) is 7.83. The maximum atomic E-state index is 12.9. The fraction of sp³-hybridized carbons (Fsp3) is 0.480. The average molecular weight is 466 g/mol.